The molecule has 0 aromatic heterocycles. The lowest BCUT2D eigenvalue weighted by Gasteiger charge is -2.15. The average Bonchev–Trinajstić information content (AvgIpc) is 2.73. The Morgan fingerprint density at radius 1 is 1.44 bits per heavy atom. The van der Waals surface area contributed by atoms with Crippen molar-refractivity contribution in [1.29, 1.82) is 0 Å². The molecule has 0 spiro atoms. The predicted octanol–water partition coefficient (Wildman–Crippen LogP) is 1.45. The average molecular weight is 245 g/mol. The van der Waals surface area contributed by atoms with Crippen LogP contribution in [0.1, 0.15) is 25.7 Å². The molecule has 1 atom stereocenters. The second kappa shape index (κ2) is 6.78. The molecule has 1 amide bonds. The molecule has 0 aromatic rings. The summed E-state index contributed by atoms with van der Waals surface area (Å²) < 4.78 is 0. The van der Waals surface area contributed by atoms with Gasteiger partial charge in [-0.3, -0.25) is 9.59 Å². The molecule has 1 aliphatic heterocycles. The van der Waals surface area contributed by atoms with E-state index in [4.69, 9.17) is 5.11 Å². The maximum Gasteiger partial charge on any atom is 0.308 e. The zero-order valence-corrected chi connectivity index (χ0v) is 10.5. The summed E-state index contributed by atoms with van der Waals surface area (Å²) in [6, 6.07) is 0. The SMILES string of the molecule is CSCCCCC(=O)N1CCC(C(=O)O)C1. The molecule has 1 heterocycles. The van der Waals surface area contributed by atoms with Gasteiger partial charge < -0.3 is 10.0 Å². The Bertz CT molecular complexity index is 258. The van der Waals surface area contributed by atoms with Gasteiger partial charge in [-0.2, -0.15) is 11.8 Å². The van der Waals surface area contributed by atoms with E-state index in [0.29, 0.717) is 25.9 Å². The normalized spacial score (nSPS) is 20.1. The standard InChI is InChI=1S/C11H19NO3S/c1-16-7-3-2-4-10(13)12-6-5-9(8-12)11(14)15/h9H,2-8H2,1H3,(H,14,15). The molecule has 1 unspecified atom stereocenters. The van der Waals surface area contributed by atoms with Crippen molar-refractivity contribution in [2.24, 2.45) is 5.92 Å². The van der Waals surface area contributed by atoms with Gasteiger partial charge in [-0.05, 0) is 31.3 Å². The number of nitrogens with zero attached hydrogens (tertiary/aromatic N) is 1. The zero-order valence-electron chi connectivity index (χ0n) is 9.65. The highest BCUT2D eigenvalue weighted by molar-refractivity contribution is 7.98. The number of likely N-dealkylation sites (tertiary alicyclic amines) is 1. The number of thioether (sulfide) groups is 1. The van der Waals surface area contributed by atoms with Crippen LogP contribution in [0.15, 0.2) is 0 Å². The van der Waals surface area contributed by atoms with Crippen LogP contribution in [0.2, 0.25) is 0 Å². The molecule has 1 saturated heterocycles. The molecule has 0 radical (unpaired) electrons. The predicted molar refractivity (Wildman–Crippen MR) is 64.6 cm³/mol. The van der Waals surface area contributed by atoms with Gasteiger partial charge in [0.25, 0.3) is 0 Å². The van der Waals surface area contributed by atoms with E-state index >= 15 is 0 Å². The Labute approximate surface area is 100 Å². The van der Waals surface area contributed by atoms with Crippen molar-refractivity contribution in [1.82, 2.24) is 4.90 Å². The number of carbonyl (C=O) groups excluding carboxylic acids is 1. The molecular weight excluding hydrogens is 226 g/mol. The first-order valence-electron chi connectivity index (χ1n) is 5.64. The number of amides is 1. The van der Waals surface area contributed by atoms with E-state index in [1.165, 1.54) is 0 Å². The lowest BCUT2D eigenvalue weighted by molar-refractivity contribution is -0.141. The van der Waals surface area contributed by atoms with Crippen molar-refractivity contribution in [2.45, 2.75) is 25.7 Å². The monoisotopic (exact) mass is 245 g/mol. The van der Waals surface area contributed by atoms with Gasteiger partial charge in [-0.25, -0.2) is 0 Å². The molecule has 92 valence electrons. The van der Waals surface area contributed by atoms with Crippen molar-refractivity contribution < 1.29 is 14.7 Å². The fraction of sp³-hybridized carbons (Fsp3) is 0.818. The number of unbranched alkanes of at least 4 members (excludes halogenated alkanes) is 1. The van der Waals surface area contributed by atoms with Gasteiger partial charge in [0.15, 0.2) is 0 Å². The first-order chi connectivity index (χ1) is 7.65. The number of carbonyl (C=O) groups is 2. The highest BCUT2D eigenvalue weighted by atomic mass is 32.2. The fourth-order valence-electron chi connectivity index (χ4n) is 1.87. The molecule has 1 aliphatic rings. The van der Waals surface area contributed by atoms with Crippen molar-refractivity contribution in [2.75, 3.05) is 25.1 Å². The van der Waals surface area contributed by atoms with Crippen LogP contribution in [0, 0.1) is 5.92 Å². The van der Waals surface area contributed by atoms with Crippen LogP contribution in [-0.2, 0) is 9.59 Å². The maximum absolute atomic E-state index is 11.7. The van der Waals surface area contributed by atoms with Gasteiger partial charge in [-0.15, -0.1) is 0 Å². The van der Waals surface area contributed by atoms with Gasteiger partial charge in [0.05, 0.1) is 5.92 Å². The number of carboxylic acid groups (broad SMARTS) is 1. The topological polar surface area (TPSA) is 57.6 Å². The highest BCUT2D eigenvalue weighted by Crippen LogP contribution is 2.17. The summed E-state index contributed by atoms with van der Waals surface area (Å²) in [7, 11) is 0. The Balaban J connectivity index is 2.20. The largest absolute Gasteiger partial charge is 0.481 e. The number of hydrogen-bond acceptors (Lipinski definition) is 3. The zero-order chi connectivity index (χ0) is 12.0. The Hall–Kier alpha value is -0.710. The van der Waals surface area contributed by atoms with Crippen molar-refractivity contribution in [3.8, 4) is 0 Å². The summed E-state index contributed by atoms with van der Waals surface area (Å²) in [5, 5.41) is 8.82. The molecule has 1 fully saturated rings. The first kappa shape index (κ1) is 13.4. The molecule has 1 N–H and O–H groups in total. The Morgan fingerprint density at radius 3 is 2.75 bits per heavy atom. The quantitative estimate of drug-likeness (QED) is 0.720. The summed E-state index contributed by atoms with van der Waals surface area (Å²) >= 11 is 1.79. The van der Waals surface area contributed by atoms with Crippen molar-refractivity contribution >= 4 is 23.6 Å². The lowest BCUT2D eigenvalue weighted by Crippen LogP contribution is -2.29. The molecule has 4 nitrogen and oxygen atoms in total. The van der Waals surface area contributed by atoms with E-state index in [1.54, 1.807) is 16.7 Å². The van der Waals surface area contributed by atoms with Gasteiger partial charge in [0.1, 0.15) is 0 Å². The minimum atomic E-state index is -0.780. The molecule has 0 aliphatic carbocycles. The lowest BCUT2D eigenvalue weighted by atomic mass is 10.1. The van der Waals surface area contributed by atoms with Gasteiger partial charge >= 0.3 is 5.97 Å². The maximum atomic E-state index is 11.7. The van der Waals surface area contributed by atoms with Crippen LogP contribution in [0.4, 0.5) is 0 Å². The number of aliphatic carboxylic acids is 1. The number of hydrogen-bond donors (Lipinski definition) is 1. The van der Waals surface area contributed by atoms with E-state index in [-0.39, 0.29) is 11.8 Å². The molecule has 5 heteroatoms. The van der Waals surface area contributed by atoms with E-state index in [1.807, 2.05) is 0 Å². The van der Waals surface area contributed by atoms with Crippen LogP contribution in [-0.4, -0.2) is 47.0 Å². The number of rotatable bonds is 6. The summed E-state index contributed by atoms with van der Waals surface area (Å²) in [6.07, 6.45) is 5.19. The summed E-state index contributed by atoms with van der Waals surface area (Å²) in [4.78, 5) is 24.1. The second-order valence-electron chi connectivity index (χ2n) is 4.11. The Kier molecular flexibility index (Phi) is 5.66. The van der Waals surface area contributed by atoms with E-state index < -0.39 is 5.97 Å². The molecule has 1 rings (SSSR count). The van der Waals surface area contributed by atoms with E-state index in [2.05, 4.69) is 6.26 Å². The molecule has 16 heavy (non-hydrogen) atoms. The number of carboxylic acids is 1. The molecule has 0 aromatic carbocycles. The van der Waals surface area contributed by atoms with Gasteiger partial charge in [0.2, 0.25) is 5.91 Å². The Morgan fingerprint density at radius 2 is 2.19 bits per heavy atom. The smallest absolute Gasteiger partial charge is 0.308 e. The fourth-order valence-corrected chi connectivity index (χ4v) is 2.36. The molecule has 0 saturated carbocycles. The summed E-state index contributed by atoms with van der Waals surface area (Å²) in [6.45, 7) is 1.01. The molecular formula is C11H19NO3S. The van der Waals surface area contributed by atoms with E-state index in [0.717, 1.165) is 18.6 Å². The summed E-state index contributed by atoms with van der Waals surface area (Å²) in [5.41, 5.74) is 0. The minimum absolute atomic E-state index is 0.116. The van der Waals surface area contributed by atoms with Gasteiger partial charge in [0, 0.05) is 19.5 Å². The van der Waals surface area contributed by atoms with Crippen LogP contribution in [0.5, 0.6) is 0 Å². The van der Waals surface area contributed by atoms with Crippen molar-refractivity contribution in [3.05, 3.63) is 0 Å². The minimum Gasteiger partial charge on any atom is -0.481 e. The third-order valence-corrected chi connectivity index (χ3v) is 3.58. The molecule has 0 bridgehead atoms. The van der Waals surface area contributed by atoms with Crippen LogP contribution >= 0.6 is 11.8 Å². The van der Waals surface area contributed by atoms with Crippen LogP contribution in [0.25, 0.3) is 0 Å². The van der Waals surface area contributed by atoms with Crippen molar-refractivity contribution in [3.63, 3.8) is 0 Å². The third-order valence-electron chi connectivity index (χ3n) is 2.88. The van der Waals surface area contributed by atoms with Crippen LogP contribution < -0.4 is 0 Å². The third kappa shape index (κ3) is 4.04. The van der Waals surface area contributed by atoms with Gasteiger partial charge in [-0.1, -0.05) is 0 Å². The summed E-state index contributed by atoms with van der Waals surface area (Å²) in [5.74, 6) is 0.0723. The highest BCUT2D eigenvalue weighted by Gasteiger charge is 2.30. The second-order valence-corrected chi connectivity index (χ2v) is 5.10. The van der Waals surface area contributed by atoms with Crippen LogP contribution in [0.3, 0.4) is 0 Å². The first-order valence-corrected chi connectivity index (χ1v) is 7.04. The van der Waals surface area contributed by atoms with E-state index in [9.17, 15) is 9.59 Å².